The van der Waals surface area contributed by atoms with Gasteiger partial charge in [-0.05, 0) is 6.07 Å². The van der Waals surface area contributed by atoms with Crippen LogP contribution in [0.15, 0.2) is 23.7 Å². The van der Waals surface area contributed by atoms with Gasteiger partial charge in [-0.25, -0.2) is 4.98 Å². The molecular weight excluding hydrogens is 332 g/mol. The van der Waals surface area contributed by atoms with E-state index in [0.717, 1.165) is 10.1 Å². The molecule has 0 spiro atoms. The Morgan fingerprint density at radius 2 is 2.14 bits per heavy atom. The van der Waals surface area contributed by atoms with E-state index in [-0.39, 0.29) is 12.7 Å². The number of fused-ring (bicyclic) bond motifs is 2. The summed E-state index contributed by atoms with van der Waals surface area (Å²) >= 11 is 9.00. The fraction of sp³-hybridized carbons (Fsp3) is 0.0769. The average molecular weight is 339 g/mol. The molecule has 8 heteroatoms. The summed E-state index contributed by atoms with van der Waals surface area (Å²) in [7, 11) is 0. The molecule has 3 heterocycles. The summed E-state index contributed by atoms with van der Waals surface area (Å²) in [5.74, 6) is 1.06. The van der Waals surface area contributed by atoms with E-state index in [4.69, 9.17) is 21.1 Å². The number of rotatable bonds is 2. The van der Waals surface area contributed by atoms with Gasteiger partial charge in [-0.3, -0.25) is 10.1 Å². The van der Waals surface area contributed by atoms with Crippen molar-refractivity contribution in [3.05, 3.63) is 33.6 Å². The molecule has 21 heavy (non-hydrogen) atoms. The van der Waals surface area contributed by atoms with Crippen molar-refractivity contribution in [2.24, 2.45) is 0 Å². The van der Waals surface area contributed by atoms with Crippen molar-refractivity contribution < 1.29 is 14.3 Å². The van der Waals surface area contributed by atoms with Crippen molar-refractivity contribution in [2.75, 3.05) is 12.1 Å². The Hall–Kier alpha value is -1.83. The maximum Gasteiger partial charge on any atom is 0.269 e. The topological polar surface area (TPSA) is 60.5 Å². The first kappa shape index (κ1) is 12.9. The van der Waals surface area contributed by atoms with Crippen molar-refractivity contribution in [3.8, 4) is 11.5 Å². The van der Waals surface area contributed by atoms with Gasteiger partial charge in [0.1, 0.15) is 4.88 Å². The Labute approximate surface area is 132 Å². The summed E-state index contributed by atoms with van der Waals surface area (Å²) in [6, 6.07) is 3.64. The number of carbonyl (C=O) groups excluding carboxylic acids is 1. The highest BCUT2D eigenvalue weighted by atomic mass is 35.5. The Morgan fingerprint density at radius 1 is 1.33 bits per heavy atom. The monoisotopic (exact) mass is 338 g/mol. The van der Waals surface area contributed by atoms with Gasteiger partial charge in [-0.1, -0.05) is 11.6 Å². The SMILES string of the molecule is O=C(Nc1nccs1)c1sc2cc3c(cc2c1Cl)OCO3. The fourth-order valence-electron chi connectivity index (χ4n) is 2.04. The third-order valence-corrected chi connectivity index (χ3v) is 5.33. The predicted octanol–water partition coefficient (Wildman–Crippen LogP) is 3.99. The van der Waals surface area contributed by atoms with Crippen LogP contribution in [0.4, 0.5) is 5.13 Å². The van der Waals surface area contributed by atoms with Gasteiger partial charge < -0.3 is 9.47 Å². The lowest BCUT2D eigenvalue weighted by atomic mass is 10.2. The second-order valence-corrected chi connectivity index (χ2v) is 6.56. The van der Waals surface area contributed by atoms with Crippen molar-refractivity contribution >= 4 is 55.4 Å². The summed E-state index contributed by atoms with van der Waals surface area (Å²) < 4.78 is 11.5. The van der Waals surface area contributed by atoms with Crippen LogP contribution in [-0.4, -0.2) is 17.7 Å². The molecule has 0 saturated carbocycles. The number of ether oxygens (including phenoxy) is 2. The minimum atomic E-state index is -0.266. The van der Waals surface area contributed by atoms with E-state index >= 15 is 0 Å². The Morgan fingerprint density at radius 3 is 2.90 bits per heavy atom. The lowest BCUT2D eigenvalue weighted by Crippen LogP contribution is -2.10. The highest BCUT2D eigenvalue weighted by molar-refractivity contribution is 7.22. The van der Waals surface area contributed by atoms with Crippen LogP contribution in [-0.2, 0) is 0 Å². The van der Waals surface area contributed by atoms with Crippen molar-refractivity contribution in [1.29, 1.82) is 0 Å². The van der Waals surface area contributed by atoms with Crippen LogP contribution in [0.2, 0.25) is 5.02 Å². The first-order valence-corrected chi connectivity index (χ1v) is 8.02. The van der Waals surface area contributed by atoms with Gasteiger partial charge in [0, 0.05) is 27.7 Å². The van der Waals surface area contributed by atoms with Gasteiger partial charge in [-0.2, -0.15) is 0 Å². The maximum absolute atomic E-state index is 12.3. The van der Waals surface area contributed by atoms with Crippen molar-refractivity contribution in [3.63, 3.8) is 0 Å². The quantitative estimate of drug-likeness (QED) is 0.767. The van der Waals surface area contributed by atoms with E-state index in [0.29, 0.717) is 26.5 Å². The summed E-state index contributed by atoms with van der Waals surface area (Å²) in [6.07, 6.45) is 1.63. The average Bonchev–Trinajstić information content (AvgIpc) is 3.17. The van der Waals surface area contributed by atoms with Crippen molar-refractivity contribution in [2.45, 2.75) is 0 Å². The number of anilines is 1. The molecule has 0 fully saturated rings. The molecule has 1 N–H and O–H groups in total. The normalized spacial score (nSPS) is 12.8. The zero-order valence-electron chi connectivity index (χ0n) is 10.4. The van der Waals surface area contributed by atoms with E-state index in [1.54, 1.807) is 17.6 Å². The number of hydrogen-bond donors (Lipinski definition) is 1. The molecule has 0 unspecified atom stereocenters. The maximum atomic E-state index is 12.3. The lowest BCUT2D eigenvalue weighted by Gasteiger charge is -1.99. The molecule has 0 atom stereocenters. The van der Waals surface area contributed by atoms with Gasteiger partial charge in [-0.15, -0.1) is 22.7 Å². The smallest absolute Gasteiger partial charge is 0.269 e. The van der Waals surface area contributed by atoms with E-state index in [1.807, 2.05) is 6.07 Å². The van der Waals surface area contributed by atoms with E-state index < -0.39 is 0 Å². The zero-order chi connectivity index (χ0) is 14.4. The minimum Gasteiger partial charge on any atom is -0.454 e. The third kappa shape index (κ3) is 2.14. The second kappa shape index (κ2) is 4.87. The molecule has 1 aliphatic rings. The van der Waals surface area contributed by atoms with Crippen LogP contribution in [0.3, 0.4) is 0 Å². The van der Waals surface area contributed by atoms with Crippen molar-refractivity contribution in [1.82, 2.24) is 4.98 Å². The molecule has 1 amide bonds. The van der Waals surface area contributed by atoms with E-state index in [9.17, 15) is 4.79 Å². The summed E-state index contributed by atoms with van der Waals surface area (Å²) in [5.41, 5.74) is 0. The fourth-order valence-corrected chi connectivity index (χ4v) is 3.98. The summed E-state index contributed by atoms with van der Waals surface area (Å²) in [5, 5.41) is 6.27. The molecule has 4 rings (SSSR count). The van der Waals surface area contributed by atoms with Gasteiger partial charge in [0.25, 0.3) is 5.91 Å². The van der Waals surface area contributed by atoms with Crippen LogP contribution in [0.25, 0.3) is 10.1 Å². The first-order chi connectivity index (χ1) is 10.2. The number of benzene rings is 1. The number of aromatic nitrogens is 1. The Kier molecular flexibility index (Phi) is 2.99. The largest absolute Gasteiger partial charge is 0.454 e. The molecule has 0 saturated heterocycles. The minimum absolute atomic E-state index is 0.210. The third-order valence-electron chi connectivity index (χ3n) is 2.98. The van der Waals surface area contributed by atoms with E-state index in [1.165, 1.54) is 22.7 Å². The first-order valence-electron chi connectivity index (χ1n) is 5.95. The molecular formula is C13H7ClN2O3S2. The number of amides is 1. The number of hydrogen-bond acceptors (Lipinski definition) is 6. The Bertz CT molecular complexity index is 845. The van der Waals surface area contributed by atoms with Gasteiger partial charge >= 0.3 is 0 Å². The summed E-state index contributed by atoms with van der Waals surface area (Å²) in [4.78, 5) is 16.7. The number of thiazole rings is 1. The molecule has 2 aromatic heterocycles. The molecule has 0 bridgehead atoms. The molecule has 1 aliphatic heterocycles. The van der Waals surface area contributed by atoms with Crippen LogP contribution in [0.5, 0.6) is 11.5 Å². The standard InChI is InChI=1S/C13H7ClN2O3S2/c14-10-6-3-7-8(19-5-18-7)4-9(6)21-11(10)12(17)16-13-15-1-2-20-13/h1-4H,5H2,(H,15,16,17). The van der Waals surface area contributed by atoms with Crippen LogP contribution < -0.4 is 14.8 Å². The molecule has 106 valence electrons. The number of nitrogens with zero attached hydrogens (tertiary/aromatic N) is 1. The number of carbonyl (C=O) groups is 1. The molecule has 3 aromatic rings. The van der Waals surface area contributed by atoms with Gasteiger partial charge in [0.05, 0.1) is 5.02 Å². The van der Waals surface area contributed by atoms with E-state index in [2.05, 4.69) is 10.3 Å². The molecule has 0 radical (unpaired) electrons. The summed E-state index contributed by atoms with van der Waals surface area (Å²) in [6.45, 7) is 0.210. The molecule has 0 aliphatic carbocycles. The van der Waals surface area contributed by atoms with Crippen LogP contribution >= 0.6 is 34.3 Å². The van der Waals surface area contributed by atoms with Gasteiger partial charge in [0.15, 0.2) is 16.6 Å². The zero-order valence-corrected chi connectivity index (χ0v) is 12.8. The Balaban J connectivity index is 1.75. The predicted molar refractivity (Wildman–Crippen MR) is 83.0 cm³/mol. The highest BCUT2D eigenvalue weighted by Crippen LogP contribution is 2.43. The van der Waals surface area contributed by atoms with Crippen LogP contribution in [0, 0.1) is 0 Å². The highest BCUT2D eigenvalue weighted by Gasteiger charge is 2.22. The lowest BCUT2D eigenvalue weighted by molar-refractivity contribution is 0.103. The van der Waals surface area contributed by atoms with Gasteiger partial charge in [0.2, 0.25) is 6.79 Å². The molecule has 1 aromatic carbocycles. The van der Waals surface area contributed by atoms with Crippen LogP contribution in [0.1, 0.15) is 9.67 Å². The number of nitrogens with one attached hydrogen (secondary N) is 1. The number of halogens is 1. The molecule has 5 nitrogen and oxygen atoms in total. The number of thiophene rings is 1. The second-order valence-electron chi connectivity index (χ2n) is 4.24.